The molecule has 1 amide bonds. The van der Waals surface area contributed by atoms with Crippen LogP contribution in [0.2, 0.25) is 0 Å². The molecule has 0 radical (unpaired) electrons. The zero-order valence-electron chi connectivity index (χ0n) is 40.1. The molecular formula is C54H76N2O7. The third-order valence-electron chi connectivity index (χ3n) is 19.5. The molecule has 63 heavy (non-hydrogen) atoms. The highest BCUT2D eigenvalue weighted by atomic mass is 16.5. The molecule has 0 aromatic heterocycles. The Morgan fingerprint density at radius 2 is 1.52 bits per heavy atom. The topological polar surface area (TPSA) is 142 Å². The molecule has 9 heteroatoms. The fraction of sp³-hybridized carbons (Fsp3) is 0.704. The van der Waals surface area contributed by atoms with Crippen LogP contribution in [0.3, 0.4) is 0 Å². The highest BCUT2D eigenvalue weighted by Gasteiger charge is 2.71. The van der Waals surface area contributed by atoms with Crippen LogP contribution in [0.1, 0.15) is 151 Å². The average Bonchev–Trinajstić information content (AvgIpc) is 3.51. The van der Waals surface area contributed by atoms with Gasteiger partial charge in [0.25, 0.3) is 5.91 Å². The van der Waals surface area contributed by atoms with Gasteiger partial charge >= 0.3 is 11.9 Å². The van der Waals surface area contributed by atoms with Gasteiger partial charge in [-0.05, 0) is 145 Å². The quantitative estimate of drug-likeness (QED) is 0.164. The maximum Gasteiger partial charge on any atom is 0.309 e. The van der Waals surface area contributed by atoms with Crippen molar-refractivity contribution >= 4 is 34.4 Å². The number of hydrogen-bond acceptors (Lipinski definition) is 7. The number of esters is 1. The fourth-order valence-corrected chi connectivity index (χ4v) is 15.7. The Morgan fingerprint density at radius 1 is 0.825 bits per heavy atom. The van der Waals surface area contributed by atoms with Gasteiger partial charge < -0.3 is 25.6 Å². The molecule has 5 fully saturated rings. The summed E-state index contributed by atoms with van der Waals surface area (Å²) in [6.07, 6.45) is 7.43. The molecule has 0 aliphatic heterocycles. The second-order valence-electron chi connectivity index (χ2n) is 24.2. The van der Waals surface area contributed by atoms with E-state index in [1.807, 2.05) is 70.2 Å². The zero-order valence-corrected chi connectivity index (χ0v) is 40.1. The maximum absolute atomic E-state index is 14.3. The number of carboxylic acid groups (broad SMARTS) is 1. The summed E-state index contributed by atoms with van der Waals surface area (Å²) in [5.41, 5.74) is 0.781. The van der Waals surface area contributed by atoms with Gasteiger partial charge in [-0.2, -0.15) is 0 Å². The number of benzene rings is 2. The number of aliphatic carboxylic acids is 1. The summed E-state index contributed by atoms with van der Waals surface area (Å²) in [5.74, 6) is -0.815. The Labute approximate surface area is 376 Å². The van der Waals surface area contributed by atoms with Crippen molar-refractivity contribution in [1.29, 1.82) is 0 Å². The van der Waals surface area contributed by atoms with Gasteiger partial charge in [0.1, 0.15) is 6.10 Å². The van der Waals surface area contributed by atoms with Crippen molar-refractivity contribution in [2.45, 2.75) is 158 Å². The van der Waals surface area contributed by atoms with Crippen molar-refractivity contribution in [3.63, 3.8) is 0 Å². The number of ether oxygens (including phenoxy) is 1. The third kappa shape index (κ3) is 7.06. The molecule has 9 nitrogen and oxygen atoms in total. The number of carbonyl (C=O) groups is 4. The molecule has 0 unspecified atom stereocenters. The number of hydrogen-bond donors (Lipinski definition) is 4. The minimum absolute atomic E-state index is 0.0198. The zero-order chi connectivity index (χ0) is 45.9. The number of amides is 1. The Balaban J connectivity index is 0.980. The van der Waals surface area contributed by atoms with E-state index in [1.165, 1.54) is 5.57 Å². The van der Waals surface area contributed by atoms with Crippen LogP contribution in [-0.2, 0) is 19.1 Å². The third-order valence-corrected chi connectivity index (χ3v) is 19.5. The number of rotatable bonds is 11. The maximum atomic E-state index is 14.3. The minimum Gasteiger partial charge on any atom is -0.481 e. The predicted molar refractivity (Wildman–Crippen MR) is 247 cm³/mol. The average molecular weight is 865 g/mol. The van der Waals surface area contributed by atoms with Crippen molar-refractivity contribution in [1.82, 2.24) is 10.6 Å². The normalized spacial score (nSPS) is 37.3. The molecule has 6 aliphatic carbocycles. The van der Waals surface area contributed by atoms with Crippen molar-refractivity contribution in [2.24, 2.45) is 68.0 Å². The second kappa shape index (κ2) is 15.5. The Hall–Kier alpha value is -3.56. The Morgan fingerprint density at radius 3 is 2.19 bits per heavy atom. The molecule has 11 atom stereocenters. The van der Waals surface area contributed by atoms with Crippen LogP contribution in [0.25, 0.3) is 10.8 Å². The van der Waals surface area contributed by atoms with Gasteiger partial charge in [-0.3, -0.25) is 19.2 Å². The second-order valence-corrected chi connectivity index (χ2v) is 24.2. The van der Waals surface area contributed by atoms with Crippen LogP contribution in [-0.4, -0.2) is 64.7 Å². The van der Waals surface area contributed by atoms with Crippen LogP contribution < -0.4 is 10.6 Å². The largest absolute Gasteiger partial charge is 0.481 e. The summed E-state index contributed by atoms with van der Waals surface area (Å²) < 4.78 is 6.44. The van der Waals surface area contributed by atoms with Gasteiger partial charge in [-0.1, -0.05) is 98.2 Å². The molecule has 4 N–H and O–H groups in total. The Kier molecular flexibility index (Phi) is 11.3. The summed E-state index contributed by atoms with van der Waals surface area (Å²) in [6.45, 7) is 25.1. The van der Waals surface area contributed by atoms with E-state index in [9.17, 15) is 29.4 Å². The lowest BCUT2D eigenvalue weighted by atomic mass is 9.33. The first-order valence-corrected chi connectivity index (χ1v) is 24.3. The van der Waals surface area contributed by atoms with Gasteiger partial charge in [0.2, 0.25) is 0 Å². The van der Waals surface area contributed by atoms with E-state index in [4.69, 9.17) is 4.74 Å². The van der Waals surface area contributed by atoms with E-state index in [-0.39, 0.29) is 57.3 Å². The highest BCUT2D eigenvalue weighted by molar-refractivity contribution is 6.01. The van der Waals surface area contributed by atoms with E-state index < -0.39 is 40.3 Å². The number of fused-ring (bicyclic) bond motifs is 8. The minimum atomic E-state index is -0.837. The van der Waals surface area contributed by atoms with Crippen molar-refractivity contribution < 1.29 is 34.1 Å². The lowest BCUT2D eigenvalue weighted by Gasteiger charge is -2.72. The van der Waals surface area contributed by atoms with Gasteiger partial charge in [0.15, 0.2) is 5.78 Å². The van der Waals surface area contributed by atoms with E-state index in [1.54, 1.807) is 0 Å². The number of Topliss-reactive ketones (excluding diaryl/α,β-unsaturated/α-hetero) is 1. The summed E-state index contributed by atoms with van der Waals surface area (Å²) in [6, 6.07) is 13.8. The first kappa shape index (κ1) is 46.0. The highest BCUT2D eigenvalue weighted by Crippen LogP contribution is 2.77. The number of carboxylic acids is 1. The number of carbonyl (C=O) groups excluding carboxylic acids is 3. The molecular weight excluding hydrogens is 789 g/mol. The van der Waals surface area contributed by atoms with Gasteiger partial charge in [-0.25, -0.2) is 0 Å². The summed E-state index contributed by atoms with van der Waals surface area (Å²) in [4.78, 5) is 53.2. The summed E-state index contributed by atoms with van der Waals surface area (Å²) >= 11 is 0. The standard InChI is InChI=1S/C54H76N2O7/c1-31(2)43-38(57)28-54(41(58)29-55-30-48(3,4)56-45(59)34-17-16-32-14-12-13-15-33(32)26-34)25-24-52(10)35(44(43)54)18-19-40-51(9)22-21-42(50(7,8)39(51)20-23-53(40,52)11)63-47(62)37-27-36(46(60)61)49(37,5)6/h12-17,26,31,35-37,39-42,55,58H,18-25,27-30H2,1-11H3,(H,56,59)(H,60,61)/t35-,36+,37-,39+,40-,41+,42+,51+,52-,53-,54+/m1/s1. The first-order chi connectivity index (χ1) is 29.3. The van der Waals surface area contributed by atoms with Crippen LogP contribution in [0, 0.1) is 68.0 Å². The molecule has 0 saturated heterocycles. The van der Waals surface area contributed by atoms with E-state index in [0.29, 0.717) is 43.3 Å². The summed E-state index contributed by atoms with van der Waals surface area (Å²) in [5, 5.41) is 31.0. The van der Waals surface area contributed by atoms with E-state index >= 15 is 0 Å². The van der Waals surface area contributed by atoms with Crippen LogP contribution >= 0.6 is 0 Å². The molecule has 2 aromatic carbocycles. The Bertz CT molecular complexity index is 2220. The molecule has 0 heterocycles. The number of aliphatic hydroxyl groups is 1. The van der Waals surface area contributed by atoms with Crippen LogP contribution in [0.4, 0.5) is 0 Å². The van der Waals surface area contributed by atoms with Crippen LogP contribution in [0.15, 0.2) is 53.6 Å². The lowest BCUT2D eigenvalue weighted by molar-refractivity contribution is -0.238. The molecule has 5 saturated carbocycles. The van der Waals surface area contributed by atoms with Gasteiger partial charge in [-0.15, -0.1) is 0 Å². The van der Waals surface area contributed by atoms with Gasteiger partial charge in [0.05, 0.1) is 17.9 Å². The number of ketones is 1. The van der Waals surface area contributed by atoms with Crippen molar-refractivity contribution in [3.05, 3.63) is 59.2 Å². The molecule has 6 aliphatic rings. The SMILES string of the molecule is CC(C)C1=C2[C@H]3CC[C@@H]4[C@@]5(C)CC[C@H](OC(=O)[C@H]6C[C@@H](C(=O)O)C6(C)C)C(C)(C)[C@@H]5CC[C@@]4(C)[C@]3(C)CC[C@@]2([C@@H](O)CNCC(C)(C)NC(=O)c2ccc3ccccc3c2)CC1=O. The number of aliphatic hydroxyl groups excluding tert-OH is 1. The molecule has 0 bridgehead atoms. The lowest BCUT2D eigenvalue weighted by Crippen LogP contribution is -2.66. The van der Waals surface area contributed by atoms with Crippen molar-refractivity contribution in [2.75, 3.05) is 13.1 Å². The summed E-state index contributed by atoms with van der Waals surface area (Å²) in [7, 11) is 0. The van der Waals surface area contributed by atoms with Crippen molar-refractivity contribution in [3.8, 4) is 0 Å². The molecule has 2 aromatic rings. The molecule has 344 valence electrons. The van der Waals surface area contributed by atoms with Gasteiger partial charge in [0, 0.05) is 41.4 Å². The fourth-order valence-electron chi connectivity index (χ4n) is 15.7. The first-order valence-electron chi connectivity index (χ1n) is 24.3. The molecule has 8 rings (SSSR count). The van der Waals surface area contributed by atoms with E-state index in [2.05, 4.69) is 59.1 Å². The smallest absolute Gasteiger partial charge is 0.309 e. The number of allylic oxidation sites excluding steroid dienone is 1. The van der Waals surface area contributed by atoms with E-state index in [0.717, 1.165) is 67.7 Å². The number of nitrogens with one attached hydrogen (secondary N) is 2. The molecule has 0 spiro atoms. The monoisotopic (exact) mass is 865 g/mol. The predicted octanol–water partition coefficient (Wildman–Crippen LogP) is 9.94. The van der Waals surface area contributed by atoms with Crippen LogP contribution in [0.5, 0.6) is 0 Å².